The molecule has 6 heteroatoms. The predicted octanol–water partition coefficient (Wildman–Crippen LogP) is 2.79. The summed E-state index contributed by atoms with van der Waals surface area (Å²) in [7, 11) is 0. The normalized spacial score (nSPS) is 16.1. The summed E-state index contributed by atoms with van der Waals surface area (Å²) in [5, 5.41) is 2.91. The lowest BCUT2D eigenvalue weighted by Crippen LogP contribution is -2.46. The molecule has 0 unspecified atom stereocenters. The van der Waals surface area contributed by atoms with Crippen LogP contribution in [0.15, 0.2) is 22.7 Å². The average Bonchev–Trinajstić information content (AvgIpc) is 2.41. The summed E-state index contributed by atoms with van der Waals surface area (Å²) in [6.07, 6.45) is 1.62. The molecule has 2 amide bonds. The van der Waals surface area contributed by atoms with Gasteiger partial charge in [0, 0.05) is 34.1 Å². The lowest BCUT2D eigenvalue weighted by atomic mass is 10.0. The average molecular weight is 451 g/mol. The monoisotopic (exact) mass is 450 g/mol. The van der Waals surface area contributed by atoms with Crippen molar-refractivity contribution < 1.29 is 9.59 Å². The Morgan fingerprint density at radius 3 is 2.60 bits per heavy atom. The highest BCUT2D eigenvalue weighted by Gasteiger charge is 2.25. The number of rotatable bonds is 2. The highest BCUT2D eigenvalue weighted by atomic mass is 127. The van der Waals surface area contributed by atoms with Gasteiger partial charge in [0.25, 0.3) is 5.91 Å². The van der Waals surface area contributed by atoms with Gasteiger partial charge in [-0.15, -0.1) is 0 Å². The smallest absolute Gasteiger partial charge is 0.255 e. The Hall–Kier alpha value is -0.630. The number of carbonyl (C=O) groups excluding carboxylic acids is 2. The van der Waals surface area contributed by atoms with Gasteiger partial charge in [0.2, 0.25) is 5.91 Å². The van der Waals surface area contributed by atoms with Crippen LogP contribution in [0.5, 0.6) is 0 Å². The Bertz CT molecular complexity index is 528. The third-order valence-electron chi connectivity index (χ3n) is 3.35. The van der Waals surface area contributed by atoms with E-state index < -0.39 is 0 Å². The van der Waals surface area contributed by atoms with Gasteiger partial charge in [0.1, 0.15) is 0 Å². The number of amides is 2. The van der Waals surface area contributed by atoms with Crippen LogP contribution < -0.4 is 5.32 Å². The molecular weight excluding hydrogens is 435 g/mol. The molecule has 1 N–H and O–H groups in total. The second-order valence-electron chi connectivity index (χ2n) is 4.89. The number of nitrogens with one attached hydrogen (secondary N) is 1. The van der Waals surface area contributed by atoms with Crippen molar-refractivity contribution in [3.63, 3.8) is 0 Å². The lowest BCUT2D eigenvalue weighted by Gasteiger charge is -2.32. The van der Waals surface area contributed by atoms with E-state index in [1.54, 1.807) is 0 Å². The van der Waals surface area contributed by atoms with Crippen LogP contribution in [0.4, 0.5) is 0 Å². The summed E-state index contributed by atoms with van der Waals surface area (Å²) >= 11 is 5.64. The van der Waals surface area contributed by atoms with Crippen molar-refractivity contribution in [3.05, 3.63) is 31.8 Å². The summed E-state index contributed by atoms with van der Waals surface area (Å²) in [5.74, 6) is 0.0480. The van der Waals surface area contributed by atoms with Crippen molar-refractivity contribution in [2.45, 2.75) is 25.8 Å². The summed E-state index contributed by atoms with van der Waals surface area (Å²) in [6, 6.07) is 5.95. The number of carbonyl (C=O) groups is 2. The second-order valence-corrected chi connectivity index (χ2v) is 6.99. The molecule has 4 nitrogen and oxygen atoms in total. The Labute approximate surface area is 140 Å². The van der Waals surface area contributed by atoms with Crippen molar-refractivity contribution in [1.29, 1.82) is 0 Å². The van der Waals surface area contributed by atoms with Crippen LogP contribution in [0.3, 0.4) is 0 Å². The molecule has 0 aromatic heterocycles. The largest absolute Gasteiger partial charge is 0.353 e. The highest BCUT2D eigenvalue weighted by Crippen LogP contribution is 2.22. The van der Waals surface area contributed by atoms with E-state index in [2.05, 4.69) is 43.8 Å². The zero-order valence-corrected chi connectivity index (χ0v) is 14.9. The number of piperidine rings is 1. The first-order chi connectivity index (χ1) is 9.47. The van der Waals surface area contributed by atoms with Gasteiger partial charge in [-0.2, -0.15) is 0 Å². The molecule has 0 spiro atoms. The van der Waals surface area contributed by atoms with E-state index in [0.717, 1.165) is 20.9 Å². The third-order valence-corrected chi connectivity index (χ3v) is 4.71. The van der Waals surface area contributed by atoms with Gasteiger partial charge in [-0.25, -0.2) is 0 Å². The number of hydrogen-bond acceptors (Lipinski definition) is 2. The molecule has 1 aromatic rings. The van der Waals surface area contributed by atoms with Gasteiger partial charge in [-0.3, -0.25) is 9.59 Å². The number of halogens is 2. The maximum atomic E-state index is 12.5. The van der Waals surface area contributed by atoms with Crippen LogP contribution in [0.2, 0.25) is 0 Å². The van der Waals surface area contributed by atoms with Crippen LogP contribution in [-0.2, 0) is 4.79 Å². The van der Waals surface area contributed by atoms with E-state index in [0.29, 0.717) is 18.7 Å². The van der Waals surface area contributed by atoms with Gasteiger partial charge in [0.15, 0.2) is 0 Å². The number of hydrogen-bond donors (Lipinski definition) is 1. The summed E-state index contributed by atoms with van der Waals surface area (Å²) < 4.78 is 1.87. The van der Waals surface area contributed by atoms with Crippen molar-refractivity contribution in [2.75, 3.05) is 13.1 Å². The lowest BCUT2D eigenvalue weighted by molar-refractivity contribution is -0.119. The first-order valence-electron chi connectivity index (χ1n) is 6.49. The van der Waals surface area contributed by atoms with Crippen molar-refractivity contribution in [3.8, 4) is 0 Å². The van der Waals surface area contributed by atoms with Crippen LogP contribution in [0, 0.1) is 3.57 Å². The first kappa shape index (κ1) is 15.8. The topological polar surface area (TPSA) is 49.4 Å². The van der Waals surface area contributed by atoms with Crippen LogP contribution in [-0.4, -0.2) is 35.8 Å². The van der Waals surface area contributed by atoms with Gasteiger partial charge in [-0.05, 0) is 69.6 Å². The zero-order valence-electron chi connectivity index (χ0n) is 11.2. The number of benzene rings is 1. The molecule has 1 heterocycles. The minimum Gasteiger partial charge on any atom is -0.353 e. The zero-order chi connectivity index (χ0) is 14.7. The van der Waals surface area contributed by atoms with Crippen molar-refractivity contribution in [2.24, 2.45) is 0 Å². The quantitative estimate of drug-likeness (QED) is 0.704. The molecule has 0 bridgehead atoms. The molecule has 0 radical (unpaired) electrons. The summed E-state index contributed by atoms with van der Waals surface area (Å²) in [5.41, 5.74) is 0.704. The van der Waals surface area contributed by atoms with Crippen LogP contribution in [0.1, 0.15) is 30.1 Å². The van der Waals surface area contributed by atoms with E-state index in [1.807, 2.05) is 23.1 Å². The number of nitrogens with zero attached hydrogens (tertiary/aromatic N) is 1. The summed E-state index contributed by atoms with van der Waals surface area (Å²) in [4.78, 5) is 25.4. The molecule has 0 saturated carbocycles. The van der Waals surface area contributed by atoms with Crippen LogP contribution >= 0.6 is 38.5 Å². The summed E-state index contributed by atoms with van der Waals surface area (Å²) in [6.45, 7) is 2.89. The molecule has 1 saturated heterocycles. The maximum absolute atomic E-state index is 12.5. The van der Waals surface area contributed by atoms with Crippen molar-refractivity contribution >= 4 is 50.3 Å². The molecule has 0 atom stereocenters. The second kappa shape index (κ2) is 6.89. The Morgan fingerprint density at radius 1 is 1.35 bits per heavy atom. The molecule has 2 rings (SSSR count). The van der Waals surface area contributed by atoms with E-state index in [9.17, 15) is 9.59 Å². The fraction of sp³-hybridized carbons (Fsp3) is 0.429. The maximum Gasteiger partial charge on any atom is 0.255 e. The van der Waals surface area contributed by atoms with Gasteiger partial charge < -0.3 is 10.2 Å². The number of likely N-dealkylation sites (tertiary alicyclic amines) is 1. The molecule has 1 aromatic carbocycles. The molecule has 0 aliphatic carbocycles. The van der Waals surface area contributed by atoms with E-state index in [1.165, 1.54) is 6.92 Å². The van der Waals surface area contributed by atoms with E-state index >= 15 is 0 Å². The highest BCUT2D eigenvalue weighted by molar-refractivity contribution is 14.1. The Kier molecular flexibility index (Phi) is 5.42. The fourth-order valence-electron chi connectivity index (χ4n) is 2.35. The van der Waals surface area contributed by atoms with Crippen molar-refractivity contribution in [1.82, 2.24) is 10.2 Å². The van der Waals surface area contributed by atoms with E-state index in [4.69, 9.17) is 0 Å². The van der Waals surface area contributed by atoms with Gasteiger partial charge in [-0.1, -0.05) is 0 Å². The SMILES string of the molecule is CC(=O)NC1CCN(C(=O)c2cc(I)ccc2Br)CC1. The molecule has 1 fully saturated rings. The first-order valence-corrected chi connectivity index (χ1v) is 8.36. The predicted molar refractivity (Wildman–Crippen MR) is 89.6 cm³/mol. The van der Waals surface area contributed by atoms with E-state index in [-0.39, 0.29) is 17.9 Å². The van der Waals surface area contributed by atoms with Gasteiger partial charge >= 0.3 is 0 Å². The third kappa shape index (κ3) is 3.94. The molecule has 1 aliphatic heterocycles. The fourth-order valence-corrected chi connectivity index (χ4v) is 3.25. The molecule has 1 aliphatic rings. The molecular formula is C14H16BrIN2O2. The standard InChI is InChI=1S/C14H16BrIN2O2/c1-9(19)17-11-4-6-18(7-5-11)14(20)12-8-10(16)2-3-13(12)15/h2-3,8,11H,4-7H2,1H3,(H,17,19). The minimum absolute atomic E-state index is 0.00451. The Balaban J connectivity index is 2.01. The van der Waals surface area contributed by atoms with Crippen LogP contribution in [0.25, 0.3) is 0 Å². The minimum atomic E-state index is -0.00451. The Morgan fingerprint density at radius 2 is 2.00 bits per heavy atom. The molecule has 20 heavy (non-hydrogen) atoms. The molecule has 108 valence electrons. The van der Waals surface area contributed by atoms with Gasteiger partial charge in [0.05, 0.1) is 5.56 Å².